The summed E-state index contributed by atoms with van der Waals surface area (Å²) in [7, 11) is 1.33. The van der Waals surface area contributed by atoms with Gasteiger partial charge in [0.25, 0.3) is 5.69 Å². The second-order valence-corrected chi connectivity index (χ2v) is 5.44. The largest absolute Gasteiger partial charge is 0.479 e. The Morgan fingerprint density at radius 2 is 1.74 bits per heavy atom. The first-order valence-corrected chi connectivity index (χ1v) is 8.07. The highest BCUT2D eigenvalue weighted by atomic mass is 16.6. The summed E-state index contributed by atoms with van der Waals surface area (Å²) in [6.07, 6.45) is 6.64. The number of benzene rings is 1. The van der Waals surface area contributed by atoms with Crippen LogP contribution in [0.5, 0.6) is 5.75 Å². The Morgan fingerprint density at radius 3 is 2.30 bits per heavy atom. The van der Waals surface area contributed by atoms with Crippen molar-refractivity contribution in [2.24, 2.45) is 0 Å². The molecule has 0 N–H and O–H groups in total. The van der Waals surface area contributed by atoms with Gasteiger partial charge in [0, 0.05) is 12.1 Å². The smallest absolute Gasteiger partial charge is 0.347 e. The van der Waals surface area contributed by atoms with Crippen molar-refractivity contribution in [2.45, 2.75) is 58.0 Å². The zero-order chi connectivity index (χ0) is 17.1. The Kier molecular flexibility index (Phi) is 8.72. The van der Waals surface area contributed by atoms with Gasteiger partial charge in [-0.2, -0.15) is 0 Å². The third kappa shape index (κ3) is 7.13. The normalized spacial score (nSPS) is 11.7. The van der Waals surface area contributed by atoms with E-state index in [1.807, 2.05) is 0 Å². The van der Waals surface area contributed by atoms with Gasteiger partial charge in [-0.1, -0.05) is 39.0 Å². The molecule has 0 bridgehead atoms. The summed E-state index contributed by atoms with van der Waals surface area (Å²) >= 11 is 0. The van der Waals surface area contributed by atoms with Crippen LogP contribution >= 0.6 is 0 Å². The predicted octanol–water partition coefficient (Wildman–Crippen LogP) is 4.27. The second-order valence-electron chi connectivity index (χ2n) is 5.44. The van der Waals surface area contributed by atoms with Crippen LogP contribution in [0.3, 0.4) is 0 Å². The molecular weight excluding hydrogens is 298 g/mol. The number of hydrogen-bond acceptors (Lipinski definition) is 5. The van der Waals surface area contributed by atoms with Crippen molar-refractivity contribution in [1.82, 2.24) is 0 Å². The van der Waals surface area contributed by atoms with Crippen LogP contribution in [0.15, 0.2) is 24.3 Å². The van der Waals surface area contributed by atoms with Crippen LogP contribution in [-0.2, 0) is 9.53 Å². The highest BCUT2D eigenvalue weighted by Crippen LogP contribution is 2.20. The van der Waals surface area contributed by atoms with Gasteiger partial charge in [-0.15, -0.1) is 0 Å². The van der Waals surface area contributed by atoms with E-state index in [0.29, 0.717) is 12.2 Å². The number of ether oxygens (including phenoxy) is 2. The molecule has 0 saturated heterocycles. The van der Waals surface area contributed by atoms with Gasteiger partial charge in [0.15, 0.2) is 6.10 Å². The van der Waals surface area contributed by atoms with Crippen molar-refractivity contribution in [1.29, 1.82) is 0 Å². The minimum Gasteiger partial charge on any atom is -0.479 e. The molecule has 128 valence electrons. The van der Waals surface area contributed by atoms with E-state index in [2.05, 4.69) is 6.92 Å². The Labute approximate surface area is 136 Å². The van der Waals surface area contributed by atoms with Crippen molar-refractivity contribution in [2.75, 3.05) is 7.11 Å². The Balaban J connectivity index is 2.50. The summed E-state index contributed by atoms with van der Waals surface area (Å²) in [5, 5.41) is 10.6. The van der Waals surface area contributed by atoms with Gasteiger partial charge in [0.05, 0.1) is 12.0 Å². The van der Waals surface area contributed by atoms with Crippen LogP contribution < -0.4 is 4.74 Å². The van der Waals surface area contributed by atoms with Gasteiger partial charge in [-0.25, -0.2) is 4.79 Å². The van der Waals surface area contributed by atoms with E-state index in [1.54, 1.807) is 0 Å². The SMILES string of the molecule is CCCCCCCCC(Oc1ccc([N+](=O)[O-])cc1)C(=O)OC. The number of unbranched alkanes of at least 4 members (excludes halogenated alkanes) is 5. The van der Waals surface area contributed by atoms with Gasteiger partial charge >= 0.3 is 5.97 Å². The molecule has 6 nitrogen and oxygen atoms in total. The van der Waals surface area contributed by atoms with Gasteiger partial charge in [-0.3, -0.25) is 10.1 Å². The average molecular weight is 323 g/mol. The van der Waals surface area contributed by atoms with Gasteiger partial charge in [0.1, 0.15) is 5.75 Å². The molecule has 0 saturated carbocycles. The average Bonchev–Trinajstić information content (AvgIpc) is 2.56. The topological polar surface area (TPSA) is 78.7 Å². The third-order valence-electron chi connectivity index (χ3n) is 3.61. The lowest BCUT2D eigenvalue weighted by atomic mass is 10.1. The number of rotatable bonds is 11. The zero-order valence-electron chi connectivity index (χ0n) is 13.8. The van der Waals surface area contributed by atoms with Crippen molar-refractivity contribution in [3.8, 4) is 5.75 Å². The molecular formula is C17H25NO5. The fourth-order valence-corrected chi connectivity index (χ4v) is 2.28. The van der Waals surface area contributed by atoms with Crippen LogP contribution in [0.4, 0.5) is 5.69 Å². The number of methoxy groups -OCH3 is 1. The van der Waals surface area contributed by atoms with E-state index in [4.69, 9.17) is 9.47 Å². The summed E-state index contributed by atoms with van der Waals surface area (Å²) in [5.74, 6) is 0.00824. The standard InChI is InChI=1S/C17H25NO5/c1-3-4-5-6-7-8-9-16(17(19)22-2)23-15-12-10-14(11-13-15)18(20)21/h10-13,16H,3-9H2,1-2H3. The number of nitro groups is 1. The number of carbonyl (C=O) groups is 1. The number of nitrogens with zero attached hydrogens (tertiary/aromatic N) is 1. The number of hydrogen-bond donors (Lipinski definition) is 0. The molecule has 1 rings (SSSR count). The summed E-state index contributed by atoms with van der Waals surface area (Å²) < 4.78 is 10.4. The lowest BCUT2D eigenvalue weighted by Gasteiger charge is -2.16. The first kappa shape index (κ1) is 18.9. The highest BCUT2D eigenvalue weighted by Gasteiger charge is 2.21. The molecule has 0 aliphatic rings. The summed E-state index contributed by atoms with van der Waals surface area (Å²) in [5.41, 5.74) is -0.0112. The molecule has 0 aliphatic heterocycles. The Morgan fingerprint density at radius 1 is 1.13 bits per heavy atom. The summed E-state index contributed by atoms with van der Waals surface area (Å²) in [6, 6.07) is 5.70. The minimum atomic E-state index is -0.673. The van der Waals surface area contributed by atoms with Crippen molar-refractivity contribution in [3.63, 3.8) is 0 Å². The molecule has 0 fully saturated rings. The third-order valence-corrected chi connectivity index (χ3v) is 3.61. The van der Waals surface area contributed by atoms with E-state index in [-0.39, 0.29) is 5.69 Å². The molecule has 0 aliphatic carbocycles. The summed E-state index contributed by atoms with van der Waals surface area (Å²) in [6.45, 7) is 2.17. The number of nitro benzene ring substituents is 1. The van der Waals surface area contributed by atoms with E-state index >= 15 is 0 Å². The lowest BCUT2D eigenvalue weighted by Crippen LogP contribution is -2.28. The molecule has 1 atom stereocenters. The molecule has 23 heavy (non-hydrogen) atoms. The maximum absolute atomic E-state index is 11.8. The van der Waals surface area contributed by atoms with Crippen LogP contribution in [0.1, 0.15) is 51.9 Å². The van der Waals surface area contributed by atoms with E-state index < -0.39 is 17.0 Å². The molecule has 0 amide bonds. The first-order valence-electron chi connectivity index (χ1n) is 8.07. The first-order chi connectivity index (χ1) is 11.1. The van der Waals surface area contributed by atoms with E-state index in [9.17, 15) is 14.9 Å². The van der Waals surface area contributed by atoms with Crippen molar-refractivity contribution >= 4 is 11.7 Å². The van der Waals surface area contributed by atoms with Crippen LogP contribution in [0.2, 0.25) is 0 Å². The fraction of sp³-hybridized carbons (Fsp3) is 0.588. The van der Waals surface area contributed by atoms with Gasteiger partial charge < -0.3 is 9.47 Å². The molecule has 1 aromatic carbocycles. The van der Waals surface area contributed by atoms with Crippen LogP contribution in [0.25, 0.3) is 0 Å². The van der Waals surface area contributed by atoms with Crippen LogP contribution in [-0.4, -0.2) is 24.1 Å². The van der Waals surface area contributed by atoms with Crippen LogP contribution in [0, 0.1) is 10.1 Å². The minimum absolute atomic E-state index is 0.0112. The molecule has 0 aromatic heterocycles. The number of non-ortho nitro benzene ring substituents is 1. The Hall–Kier alpha value is -2.11. The molecule has 1 aromatic rings. The maximum atomic E-state index is 11.8. The summed E-state index contributed by atoms with van der Waals surface area (Å²) in [4.78, 5) is 22.0. The monoisotopic (exact) mass is 323 g/mol. The number of carbonyl (C=O) groups excluding carboxylic acids is 1. The molecule has 6 heteroatoms. The van der Waals surface area contributed by atoms with E-state index in [0.717, 1.165) is 19.3 Å². The van der Waals surface area contributed by atoms with Gasteiger partial charge in [0.2, 0.25) is 0 Å². The predicted molar refractivity (Wildman–Crippen MR) is 87.5 cm³/mol. The van der Waals surface area contributed by atoms with Gasteiger partial charge in [-0.05, 0) is 25.0 Å². The maximum Gasteiger partial charge on any atom is 0.347 e. The number of esters is 1. The molecule has 1 unspecified atom stereocenters. The molecule has 0 radical (unpaired) electrons. The fourth-order valence-electron chi connectivity index (χ4n) is 2.28. The van der Waals surface area contributed by atoms with E-state index in [1.165, 1.54) is 50.6 Å². The molecule has 0 heterocycles. The molecule has 0 spiro atoms. The zero-order valence-corrected chi connectivity index (χ0v) is 13.8. The van der Waals surface area contributed by atoms with Crippen molar-refractivity contribution < 1.29 is 19.2 Å². The quantitative estimate of drug-likeness (QED) is 0.263. The lowest BCUT2D eigenvalue weighted by molar-refractivity contribution is -0.384. The highest BCUT2D eigenvalue weighted by molar-refractivity contribution is 5.74. The Bertz CT molecular complexity index is 486. The van der Waals surface area contributed by atoms with Crippen molar-refractivity contribution in [3.05, 3.63) is 34.4 Å². The second kappa shape index (κ2) is 10.6.